The average molecular weight is 288 g/mol. The first-order valence-corrected chi connectivity index (χ1v) is 7.86. The third kappa shape index (κ3) is 2.58. The molecule has 1 aliphatic carbocycles. The van der Waals surface area contributed by atoms with Crippen LogP contribution >= 0.6 is 11.3 Å². The van der Waals surface area contributed by atoms with E-state index in [9.17, 15) is 0 Å². The van der Waals surface area contributed by atoms with Crippen LogP contribution in [0.4, 0.5) is 0 Å². The Hall–Kier alpha value is -1.39. The highest BCUT2D eigenvalue weighted by atomic mass is 32.1. The Morgan fingerprint density at radius 1 is 1.40 bits per heavy atom. The Balaban J connectivity index is 1.75. The molecule has 1 atom stereocenters. The maximum absolute atomic E-state index is 6.33. The van der Waals surface area contributed by atoms with Gasteiger partial charge in [-0.25, -0.2) is 4.98 Å². The summed E-state index contributed by atoms with van der Waals surface area (Å²) < 4.78 is 5.29. The van der Waals surface area contributed by atoms with Crippen molar-refractivity contribution in [1.82, 2.24) is 4.98 Å². The van der Waals surface area contributed by atoms with E-state index in [4.69, 9.17) is 15.5 Å². The lowest BCUT2D eigenvalue weighted by molar-refractivity contribution is 0.411. The van der Waals surface area contributed by atoms with Crippen molar-refractivity contribution < 1.29 is 4.74 Å². The molecule has 3 nitrogen and oxygen atoms in total. The zero-order valence-electron chi connectivity index (χ0n) is 12.0. The first-order valence-electron chi connectivity index (χ1n) is 7.05. The lowest BCUT2D eigenvalue weighted by atomic mass is 10.0. The van der Waals surface area contributed by atoms with Crippen molar-refractivity contribution in [1.29, 1.82) is 0 Å². The Morgan fingerprint density at radius 2 is 2.25 bits per heavy atom. The van der Waals surface area contributed by atoms with E-state index in [1.165, 1.54) is 28.4 Å². The summed E-state index contributed by atoms with van der Waals surface area (Å²) in [5.41, 5.74) is 9.92. The Morgan fingerprint density at radius 3 is 2.95 bits per heavy atom. The molecule has 2 aromatic rings. The number of aromatic nitrogens is 1. The molecule has 0 fully saturated rings. The molecule has 2 N–H and O–H groups in total. The van der Waals surface area contributed by atoms with Gasteiger partial charge in [0.15, 0.2) is 0 Å². The van der Waals surface area contributed by atoms with Crippen LogP contribution in [-0.2, 0) is 19.3 Å². The summed E-state index contributed by atoms with van der Waals surface area (Å²) in [5.74, 6) is 0.911. The summed E-state index contributed by atoms with van der Waals surface area (Å²) in [7, 11) is 1.69. The van der Waals surface area contributed by atoms with E-state index in [2.05, 4.69) is 12.1 Å². The van der Waals surface area contributed by atoms with E-state index in [-0.39, 0.29) is 6.04 Å². The van der Waals surface area contributed by atoms with Gasteiger partial charge >= 0.3 is 0 Å². The number of benzene rings is 1. The highest BCUT2D eigenvalue weighted by molar-refractivity contribution is 7.11. The zero-order valence-corrected chi connectivity index (χ0v) is 12.8. The van der Waals surface area contributed by atoms with Gasteiger partial charge in [0.05, 0.1) is 17.8 Å². The predicted molar refractivity (Wildman–Crippen MR) is 82.5 cm³/mol. The molecule has 0 amide bonds. The highest BCUT2D eigenvalue weighted by Crippen LogP contribution is 2.30. The number of aryl methyl sites for hydroxylation is 3. The van der Waals surface area contributed by atoms with E-state index in [0.29, 0.717) is 0 Å². The molecule has 1 unspecified atom stereocenters. The van der Waals surface area contributed by atoms with Crippen molar-refractivity contribution in [2.45, 2.75) is 38.6 Å². The molecule has 1 heterocycles. The van der Waals surface area contributed by atoms with Crippen LogP contribution in [0.25, 0.3) is 0 Å². The number of methoxy groups -OCH3 is 1. The standard InChI is InChI=1S/C16H20N2OS/c1-10-8-11(6-7-14(10)19-2)12(17)9-16-18-13-4-3-5-15(13)20-16/h6-8,12H,3-5,9,17H2,1-2H3. The third-order valence-electron chi connectivity index (χ3n) is 3.88. The van der Waals surface area contributed by atoms with Gasteiger partial charge in [-0.15, -0.1) is 11.3 Å². The van der Waals surface area contributed by atoms with Gasteiger partial charge in [-0.2, -0.15) is 0 Å². The second-order valence-corrected chi connectivity index (χ2v) is 6.54. The summed E-state index contributed by atoms with van der Waals surface area (Å²) in [6.45, 7) is 2.05. The molecular weight excluding hydrogens is 268 g/mol. The third-order valence-corrected chi connectivity index (χ3v) is 5.06. The molecule has 0 saturated carbocycles. The summed E-state index contributed by atoms with van der Waals surface area (Å²) in [5, 5.41) is 1.18. The lowest BCUT2D eigenvalue weighted by Crippen LogP contribution is -2.13. The van der Waals surface area contributed by atoms with Gasteiger partial charge in [-0.05, 0) is 43.4 Å². The first kappa shape index (κ1) is 13.6. The van der Waals surface area contributed by atoms with Crippen LogP contribution in [-0.4, -0.2) is 12.1 Å². The second-order valence-electron chi connectivity index (χ2n) is 5.37. The molecule has 4 heteroatoms. The molecule has 1 aromatic carbocycles. The maximum atomic E-state index is 6.33. The summed E-state index contributed by atoms with van der Waals surface area (Å²) in [6.07, 6.45) is 4.42. The number of hydrogen-bond acceptors (Lipinski definition) is 4. The van der Waals surface area contributed by atoms with Crippen LogP contribution in [0.1, 0.15) is 39.2 Å². The number of nitrogens with two attached hydrogens (primary N) is 1. The largest absolute Gasteiger partial charge is 0.496 e. The summed E-state index contributed by atoms with van der Waals surface area (Å²) in [6, 6.07) is 6.17. The van der Waals surface area contributed by atoms with Gasteiger partial charge in [0.2, 0.25) is 0 Å². The van der Waals surface area contributed by atoms with Crippen LogP contribution in [0.5, 0.6) is 5.75 Å². The zero-order chi connectivity index (χ0) is 14.1. The van der Waals surface area contributed by atoms with Gasteiger partial charge in [-0.1, -0.05) is 12.1 Å². The molecule has 0 radical (unpaired) electrons. The van der Waals surface area contributed by atoms with Crippen molar-refractivity contribution in [2.24, 2.45) is 5.73 Å². The highest BCUT2D eigenvalue weighted by Gasteiger charge is 2.18. The van der Waals surface area contributed by atoms with Gasteiger partial charge in [0, 0.05) is 17.3 Å². The first-order chi connectivity index (χ1) is 9.67. The van der Waals surface area contributed by atoms with Gasteiger partial charge < -0.3 is 10.5 Å². The average Bonchev–Trinajstić information content (AvgIpc) is 2.99. The van der Waals surface area contributed by atoms with Crippen LogP contribution in [0.2, 0.25) is 0 Å². The predicted octanol–water partition coefficient (Wildman–Crippen LogP) is 3.19. The van der Waals surface area contributed by atoms with Crippen LogP contribution in [0, 0.1) is 6.92 Å². The van der Waals surface area contributed by atoms with E-state index < -0.39 is 0 Å². The fourth-order valence-electron chi connectivity index (χ4n) is 2.77. The van der Waals surface area contributed by atoms with Crippen molar-refractivity contribution in [2.75, 3.05) is 7.11 Å². The molecule has 20 heavy (non-hydrogen) atoms. The number of rotatable bonds is 4. The van der Waals surface area contributed by atoms with Gasteiger partial charge in [0.25, 0.3) is 0 Å². The fraction of sp³-hybridized carbons (Fsp3) is 0.438. The molecule has 0 aliphatic heterocycles. The smallest absolute Gasteiger partial charge is 0.121 e. The van der Waals surface area contributed by atoms with E-state index in [1.54, 1.807) is 7.11 Å². The van der Waals surface area contributed by atoms with E-state index in [1.807, 2.05) is 24.3 Å². The molecule has 0 spiro atoms. The van der Waals surface area contributed by atoms with E-state index in [0.717, 1.165) is 29.7 Å². The molecule has 0 saturated heterocycles. The Kier molecular flexibility index (Phi) is 3.76. The molecule has 1 aromatic heterocycles. The quantitative estimate of drug-likeness (QED) is 0.940. The molecule has 3 rings (SSSR count). The van der Waals surface area contributed by atoms with Crippen molar-refractivity contribution >= 4 is 11.3 Å². The summed E-state index contributed by atoms with van der Waals surface area (Å²) in [4.78, 5) is 6.20. The van der Waals surface area contributed by atoms with Gasteiger partial charge in [0.1, 0.15) is 5.75 Å². The summed E-state index contributed by atoms with van der Waals surface area (Å²) >= 11 is 1.84. The number of fused-ring (bicyclic) bond motifs is 1. The number of thiazole rings is 1. The monoisotopic (exact) mass is 288 g/mol. The van der Waals surface area contributed by atoms with Crippen molar-refractivity contribution in [3.63, 3.8) is 0 Å². The topological polar surface area (TPSA) is 48.1 Å². The maximum Gasteiger partial charge on any atom is 0.121 e. The fourth-order valence-corrected chi connectivity index (χ4v) is 3.98. The van der Waals surface area contributed by atoms with Crippen LogP contribution in [0.3, 0.4) is 0 Å². The normalized spacial score (nSPS) is 15.2. The minimum absolute atomic E-state index is 0.00545. The molecule has 106 valence electrons. The minimum Gasteiger partial charge on any atom is -0.496 e. The SMILES string of the molecule is COc1ccc(C(N)Cc2nc3c(s2)CCC3)cc1C. The van der Waals surface area contributed by atoms with Crippen molar-refractivity contribution in [3.05, 3.63) is 44.9 Å². The van der Waals surface area contributed by atoms with Crippen LogP contribution < -0.4 is 10.5 Å². The Bertz CT molecular complexity index is 599. The molecule has 1 aliphatic rings. The lowest BCUT2D eigenvalue weighted by Gasteiger charge is -2.13. The number of nitrogens with zero attached hydrogens (tertiary/aromatic N) is 1. The minimum atomic E-state index is 0.00545. The molecule has 0 bridgehead atoms. The molecular formula is C16H20N2OS. The number of ether oxygens (including phenoxy) is 1. The number of hydrogen-bond donors (Lipinski definition) is 1. The van der Waals surface area contributed by atoms with Crippen molar-refractivity contribution in [3.8, 4) is 5.75 Å². The Labute approximate surface area is 123 Å². The second kappa shape index (κ2) is 5.54. The van der Waals surface area contributed by atoms with Gasteiger partial charge in [-0.3, -0.25) is 0 Å². The van der Waals surface area contributed by atoms with Crippen LogP contribution in [0.15, 0.2) is 18.2 Å². The van der Waals surface area contributed by atoms with E-state index >= 15 is 0 Å².